The Morgan fingerprint density at radius 3 is 3.04 bits per heavy atom. The van der Waals surface area contributed by atoms with Crippen molar-refractivity contribution in [3.05, 3.63) is 29.2 Å². The van der Waals surface area contributed by atoms with E-state index < -0.39 is 0 Å². The van der Waals surface area contributed by atoms with E-state index in [1.807, 2.05) is 12.3 Å². The molecule has 2 aliphatic rings. The average molecular weight is 362 g/mol. The van der Waals surface area contributed by atoms with Crippen molar-refractivity contribution in [3.8, 4) is 11.3 Å². The Morgan fingerprint density at radius 2 is 2.24 bits per heavy atom. The number of ether oxygens (including phenoxy) is 1. The van der Waals surface area contributed by atoms with E-state index in [2.05, 4.69) is 25.2 Å². The fourth-order valence-electron chi connectivity index (χ4n) is 3.34. The second-order valence-corrected chi connectivity index (χ2v) is 6.74. The molecule has 8 heteroatoms. The number of aromatic nitrogens is 3. The molecule has 25 heavy (non-hydrogen) atoms. The number of hydrogen-bond acceptors (Lipinski definition) is 6. The van der Waals surface area contributed by atoms with Gasteiger partial charge in [0.25, 0.3) is 0 Å². The number of carbonyl (C=O) groups excluding carboxylic acids is 1. The largest absolute Gasteiger partial charge is 0.381 e. The van der Waals surface area contributed by atoms with Crippen LogP contribution in [0.25, 0.3) is 11.3 Å². The van der Waals surface area contributed by atoms with E-state index in [4.69, 9.17) is 16.3 Å². The molecule has 2 aromatic rings. The Balaban J connectivity index is 1.62. The molecule has 2 aromatic heterocycles. The maximum absolute atomic E-state index is 11.3. The number of fused-ring (bicyclic) bond motifs is 1. The second kappa shape index (κ2) is 7.11. The number of hydrogen-bond donors (Lipinski definition) is 2. The summed E-state index contributed by atoms with van der Waals surface area (Å²) in [6, 6.07) is 1.99. The van der Waals surface area contributed by atoms with Gasteiger partial charge in [0.15, 0.2) is 0 Å². The van der Waals surface area contributed by atoms with E-state index in [0.29, 0.717) is 22.7 Å². The molecule has 7 nitrogen and oxygen atoms in total. The quantitative estimate of drug-likeness (QED) is 0.811. The molecular weight excluding hydrogens is 342 g/mol. The van der Waals surface area contributed by atoms with Crippen molar-refractivity contribution >= 4 is 23.8 Å². The van der Waals surface area contributed by atoms with Gasteiger partial charge in [0.05, 0.1) is 16.9 Å². The number of rotatable bonds is 4. The van der Waals surface area contributed by atoms with Gasteiger partial charge in [-0.2, -0.15) is 0 Å². The topological polar surface area (TPSA) is 81.1 Å². The van der Waals surface area contributed by atoms with E-state index in [9.17, 15) is 4.79 Å². The molecule has 0 aromatic carbocycles. The summed E-state index contributed by atoms with van der Waals surface area (Å²) in [7, 11) is 0. The first-order valence-electron chi connectivity index (χ1n) is 8.50. The van der Waals surface area contributed by atoms with Gasteiger partial charge >= 0.3 is 0 Å². The number of halogens is 1. The molecule has 1 fully saturated rings. The maximum atomic E-state index is 11.3. The lowest BCUT2D eigenvalue weighted by molar-refractivity contribution is -0.110. The molecule has 1 atom stereocenters. The summed E-state index contributed by atoms with van der Waals surface area (Å²) in [5, 5.41) is 7.05. The zero-order valence-corrected chi connectivity index (χ0v) is 14.5. The third kappa shape index (κ3) is 3.40. The molecule has 2 N–H and O–H groups in total. The van der Waals surface area contributed by atoms with Crippen LogP contribution >= 0.6 is 11.6 Å². The van der Waals surface area contributed by atoms with Crippen molar-refractivity contribution in [2.75, 3.05) is 25.1 Å². The van der Waals surface area contributed by atoms with Gasteiger partial charge in [0.1, 0.15) is 12.3 Å². The Hall–Kier alpha value is -1.96. The van der Waals surface area contributed by atoms with E-state index in [1.165, 1.54) is 0 Å². The normalized spacial score (nSPS) is 20.9. The third-order valence-electron chi connectivity index (χ3n) is 4.67. The lowest BCUT2D eigenvalue weighted by Gasteiger charge is -2.23. The predicted molar refractivity (Wildman–Crippen MR) is 94.7 cm³/mol. The SMILES string of the molecule is O=CC1NCCn2cc(-c3nc(NC4CCOCC4)ncc3Cl)cc21. The minimum Gasteiger partial charge on any atom is -0.381 e. The van der Waals surface area contributed by atoms with Crippen LogP contribution in [-0.4, -0.2) is 46.6 Å². The van der Waals surface area contributed by atoms with Crippen molar-refractivity contribution < 1.29 is 9.53 Å². The van der Waals surface area contributed by atoms with Gasteiger partial charge in [-0.05, 0) is 18.9 Å². The first kappa shape index (κ1) is 16.5. The molecule has 0 bridgehead atoms. The lowest BCUT2D eigenvalue weighted by atomic mass is 10.1. The Kier molecular flexibility index (Phi) is 4.70. The Labute approximate surface area is 150 Å². The third-order valence-corrected chi connectivity index (χ3v) is 4.95. The van der Waals surface area contributed by atoms with Gasteiger partial charge in [-0.1, -0.05) is 11.6 Å². The molecule has 1 unspecified atom stereocenters. The van der Waals surface area contributed by atoms with Crippen LogP contribution in [0.5, 0.6) is 0 Å². The first-order chi connectivity index (χ1) is 12.2. The zero-order chi connectivity index (χ0) is 17.2. The summed E-state index contributed by atoms with van der Waals surface area (Å²) in [6.45, 7) is 3.09. The van der Waals surface area contributed by atoms with Crippen LogP contribution in [0.2, 0.25) is 5.02 Å². The maximum Gasteiger partial charge on any atom is 0.223 e. The number of nitrogens with one attached hydrogen (secondary N) is 2. The van der Waals surface area contributed by atoms with Crippen molar-refractivity contribution in [3.63, 3.8) is 0 Å². The molecular formula is C17H20ClN5O2. The Bertz CT molecular complexity index is 772. The van der Waals surface area contributed by atoms with Gasteiger partial charge in [-0.3, -0.25) is 0 Å². The molecule has 1 saturated heterocycles. The van der Waals surface area contributed by atoms with Gasteiger partial charge < -0.3 is 24.7 Å². The van der Waals surface area contributed by atoms with E-state index in [0.717, 1.165) is 56.7 Å². The standard InChI is InChI=1S/C17H20ClN5O2/c18-13-8-20-17(21-12-1-5-25-6-2-12)22-16(13)11-7-15-14(10-24)19-3-4-23(15)9-11/h7-10,12,14,19H,1-6H2,(H,20,21,22). The smallest absolute Gasteiger partial charge is 0.223 e. The fourth-order valence-corrected chi connectivity index (χ4v) is 3.54. The summed E-state index contributed by atoms with van der Waals surface area (Å²) < 4.78 is 7.46. The van der Waals surface area contributed by atoms with Crippen molar-refractivity contribution in [1.82, 2.24) is 19.9 Å². The zero-order valence-electron chi connectivity index (χ0n) is 13.7. The van der Waals surface area contributed by atoms with Crippen molar-refractivity contribution in [2.24, 2.45) is 0 Å². The molecule has 0 spiro atoms. The summed E-state index contributed by atoms with van der Waals surface area (Å²) in [6.07, 6.45) is 6.42. The average Bonchev–Trinajstić information content (AvgIpc) is 3.08. The molecule has 0 aliphatic carbocycles. The summed E-state index contributed by atoms with van der Waals surface area (Å²) in [5.74, 6) is 0.570. The minimum atomic E-state index is -0.289. The predicted octanol–water partition coefficient (Wildman–Crippen LogP) is 2.03. The highest BCUT2D eigenvalue weighted by Gasteiger charge is 2.22. The lowest BCUT2D eigenvalue weighted by Crippen LogP contribution is -2.33. The summed E-state index contributed by atoms with van der Waals surface area (Å²) >= 11 is 6.34. The number of aldehydes is 1. The van der Waals surface area contributed by atoms with Crippen molar-refractivity contribution in [1.29, 1.82) is 0 Å². The monoisotopic (exact) mass is 361 g/mol. The molecule has 4 rings (SSSR count). The van der Waals surface area contributed by atoms with E-state index in [-0.39, 0.29) is 6.04 Å². The van der Waals surface area contributed by atoms with Crippen LogP contribution in [-0.2, 0) is 16.1 Å². The van der Waals surface area contributed by atoms with Crippen LogP contribution < -0.4 is 10.6 Å². The Morgan fingerprint density at radius 1 is 1.40 bits per heavy atom. The summed E-state index contributed by atoms with van der Waals surface area (Å²) in [4.78, 5) is 20.2. The number of nitrogens with zero attached hydrogens (tertiary/aromatic N) is 3. The highest BCUT2D eigenvalue weighted by molar-refractivity contribution is 6.32. The van der Waals surface area contributed by atoms with Crippen LogP contribution in [0.3, 0.4) is 0 Å². The second-order valence-electron chi connectivity index (χ2n) is 6.34. The minimum absolute atomic E-state index is 0.289. The van der Waals surface area contributed by atoms with E-state index >= 15 is 0 Å². The van der Waals surface area contributed by atoms with Crippen LogP contribution in [0.15, 0.2) is 18.5 Å². The first-order valence-corrected chi connectivity index (χ1v) is 8.88. The number of carbonyl (C=O) groups is 1. The van der Waals surface area contributed by atoms with Crippen molar-refractivity contribution in [2.45, 2.75) is 31.5 Å². The van der Waals surface area contributed by atoms with Gasteiger partial charge in [0, 0.05) is 49.8 Å². The molecule has 0 amide bonds. The highest BCUT2D eigenvalue weighted by atomic mass is 35.5. The molecule has 0 saturated carbocycles. The van der Waals surface area contributed by atoms with Gasteiger partial charge in [-0.25, -0.2) is 9.97 Å². The van der Waals surface area contributed by atoms with Crippen LogP contribution in [0.4, 0.5) is 5.95 Å². The van der Waals surface area contributed by atoms with E-state index in [1.54, 1.807) is 6.20 Å². The highest BCUT2D eigenvalue weighted by Crippen LogP contribution is 2.30. The molecule has 4 heterocycles. The molecule has 0 radical (unpaired) electrons. The van der Waals surface area contributed by atoms with Crippen LogP contribution in [0, 0.1) is 0 Å². The van der Waals surface area contributed by atoms with Crippen LogP contribution in [0.1, 0.15) is 24.6 Å². The molecule has 2 aliphatic heterocycles. The molecule has 132 valence electrons. The van der Waals surface area contributed by atoms with Gasteiger partial charge in [-0.15, -0.1) is 0 Å². The van der Waals surface area contributed by atoms with Gasteiger partial charge in [0.2, 0.25) is 5.95 Å². The number of anilines is 1. The summed E-state index contributed by atoms with van der Waals surface area (Å²) in [5.41, 5.74) is 2.51. The fraction of sp³-hybridized carbons (Fsp3) is 0.471.